The van der Waals surface area contributed by atoms with E-state index in [1.807, 2.05) is 103 Å². The lowest BCUT2D eigenvalue weighted by Gasteiger charge is -2.28. The molecule has 0 fully saturated rings. The minimum Gasteiger partial charge on any atom is -0.329 e. The number of halogens is 3. The van der Waals surface area contributed by atoms with E-state index in [4.69, 9.17) is 10.7 Å². The zero-order valence-corrected chi connectivity index (χ0v) is 39.4. The van der Waals surface area contributed by atoms with Crippen LogP contribution < -0.4 is 10.6 Å². The molecule has 2 atom stereocenters. The van der Waals surface area contributed by atoms with Crippen LogP contribution in [0, 0.1) is 11.6 Å². The molecule has 0 unspecified atom stereocenters. The van der Waals surface area contributed by atoms with Crippen LogP contribution in [0.25, 0.3) is 0 Å². The van der Waals surface area contributed by atoms with Gasteiger partial charge >= 0.3 is 0 Å². The second kappa shape index (κ2) is 25.3. The van der Waals surface area contributed by atoms with Gasteiger partial charge in [0, 0.05) is 70.8 Å². The molecule has 0 spiro atoms. The van der Waals surface area contributed by atoms with Crippen LogP contribution in [0.5, 0.6) is 0 Å². The van der Waals surface area contributed by atoms with Crippen molar-refractivity contribution in [3.05, 3.63) is 228 Å². The van der Waals surface area contributed by atoms with Crippen LogP contribution in [0.4, 0.5) is 20.2 Å². The summed E-state index contributed by atoms with van der Waals surface area (Å²) in [5, 5.41) is 5.66. The largest absolute Gasteiger partial charge is 0.329 e. The number of nitrogens with one attached hydrogen (secondary N) is 2. The molecule has 356 valence electrons. The number of hydrogen-bond donors (Lipinski definition) is 2. The highest BCUT2D eigenvalue weighted by Crippen LogP contribution is 2.25. The Bertz CT molecular complexity index is 2880. The molecule has 10 nitrogen and oxygen atoms in total. The Kier molecular flexibility index (Phi) is 19.4. The Morgan fingerprint density at radius 2 is 0.870 bits per heavy atom. The molecule has 0 aliphatic carbocycles. The fraction of sp³-hybridized carbons (Fsp3) is 0.148. The maximum atomic E-state index is 13.4. The maximum Gasteiger partial charge on any atom is 0.261 e. The normalized spacial score (nSPS) is 11.6. The summed E-state index contributed by atoms with van der Waals surface area (Å²) in [6.07, 6.45) is 0.589. The maximum absolute atomic E-state index is 13.4. The van der Waals surface area contributed by atoms with Crippen LogP contribution in [0.3, 0.4) is 0 Å². The lowest BCUT2D eigenvalue weighted by atomic mass is 10.0. The number of thioether (sulfide) groups is 1. The number of rotatable bonds is 16. The highest BCUT2D eigenvalue weighted by molar-refractivity contribution is 8.13. The molecule has 0 aliphatic heterocycles. The van der Waals surface area contributed by atoms with Crippen LogP contribution >= 0.6 is 22.4 Å². The number of nitrogens with zero attached hydrogens (tertiary/aromatic N) is 2. The minimum absolute atomic E-state index is 0. The smallest absolute Gasteiger partial charge is 0.261 e. The molecule has 0 aromatic heterocycles. The third-order valence-corrected chi connectivity index (χ3v) is 13.1. The number of benzene rings is 7. The van der Waals surface area contributed by atoms with Gasteiger partial charge in [0.2, 0.25) is 11.8 Å². The number of hydrogen-bond acceptors (Lipinski definition) is 7. The molecule has 0 heterocycles. The molecule has 15 heteroatoms. The number of carbonyl (C=O) groups excluding carboxylic acids is 4. The zero-order chi connectivity index (χ0) is 48.6. The lowest BCUT2D eigenvalue weighted by molar-refractivity contribution is -0.120. The van der Waals surface area contributed by atoms with E-state index in [9.17, 15) is 36.4 Å². The van der Waals surface area contributed by atoms with Crippen molar-refractivity contribution in [3.8, 4) is 0 Å². The molecule has 0 bridgehead atoms. The Morgan fingerprint density at radius 1 is 0.522 bits per heavy atom. The van der Waals surface area contributed by atoms with Crippen molar-refractivity contribution in [2.24, 2.45) is 0 Å². The Balaban J connectivity index is 0.000000256. The summed E-state index contributed by atoms with van der Waals surface area (Å²) in [4.78, 5) is 56.3. The zero-order valence-electron chi connectivity index (χ0n) is 37.0. The number of amides is 4. The van der Waals surface area contributed by atoms with Crippen molar-refractivity contribution in [1.82, 2.24) is 9.80 Å². The van der Waals surface area contributed by atoms with Crippen LogP contribution in [0.2, 0.25) is 0 Å². The summed E-state index contributed by atoms with van der Waals surface area (Å²) >= 11 is 1.72. The molecule has 7 aromatic rings. The SMILES string of the molecule is C.CN(C(=O)c1ccc(F)cc1)[C@@H](Cc1ccccc1)C(=O)Nc1ccc(S(=O)(=O)Cl)cc1.CN(C(=O)c1ccc(F)cc1)[C@@H](Cc1ccccc1)C(=O)Nc1ccc(SCc2ccccc2)cc1. The first-order valence-corrected chi connectivity index (χ1v) is 24.5. The van der Waals surface area contributed by atoms with Crippen molar-refractivity contribution >= 4 is 66.5 Å². The van der Waals surface area contributed by atoms with Crippen LogP contribution in [-0.2, 0) is 37.2 Å². The van der Waals surface area contributed by atoms with Crippen molar-refractivity contribution in [2.45, 2.75) is 47.9 Å². The molecule has 0 radical (unpaired) electrons. The highest BCUT2D eigenvalue weighted by atomic mass is 35.7. The molecule has 7 aromatic carbocycles. The second-order valence-electron chi connectivity index (χ2n) is 15.5. The van der Waals surface area contributed by atoms with E-state index in [0.717, 1.165) is 21.8 Å². The number of anilines is 2. The van der Waals surface area contributed by atoms with E-state index in [1.165, 1.54) is 95.2 Å². The van der Waals surface area contributed by atoms with Crippen molar-refractivity contribution in [1.29, 1.82) is 0 Å². The standard InChI is InChI=1S/C30H27FN2O2S.C23H20ClFN2O4S.CH4/c1-33(30(35)24-12-14-25(31)15-13-24)28(20-22-8-4-2-5-9-22)29(34)32-26-16-18-27(19-17-26)36-21-23-10-6-3-7-11-23;1-27(23(29)17-7-9-18(25)10-8-17)21(15-16-5-3-2-4-6-16)22(28)26-19-11-13-20(14-12-19)32(24,30)31;/h2-19,28H,20-21H2,1H3,(H,32,34);2-14,21H,15H2,1H3,(H,26,28);1H4/t28-;21-;/m00./s1. The predicted molar refractivity (Wildman–Crippen MR) is 271 cm³/mol. The van der Waals surface area contributed by atoms with Crippen molar-refractivity contribution < 1.29 is 36.4 Å². The lowest BCUT2D eigenvalue weighted by Crippen LogP contribution is -2.46. The van der Waals surface area contributed by atoms with Gasteiger partial charge in [0.15, 0.2) is 0 Å². The van der Waals surface area contributed by atoms with E-state index in [2.05, 4.69) is 22.8 Å². The van der Waals surface area contributed by atoms with Gasteiger partial charge in [-0.1, -0.05) is 98.4 Å². The Labute approximate surface area is 410 Å². The van der Waals surface area contributed by atoms with Gasteiger partial charge in [-0.2, -0.15) is 0 Å². The van der Waals surface area contributed by atoms with Crippen molar-refractivity contribution in [2.75, 3.05) is 24.7 Å². The molecule has 2 N–H and O–H groups in total. The molecule has 69 heavy (non-hydrogen) atoms. The number of likely N-dealkylation sites (N-methyl/N-ethyl adjacent to an activating group) is 2. The molecule has 0 aliphatic rings. The molecule has 0 saturated carbocycles. The van der Waals surface area contributed by atoms with Gasteiger partial charge < -0.3 is 20.4 Å². The first kappa shape index (κ1) is 52.8. The van der Waals surface area contributed by atoms with Gasteiger partial charge in [-0.05, 0) is 114 Å². The molecule has 7 rings (SSSR count). The van der Waals surface area contributed by atoms with Gasteiger partial charge in [-0.3, -0.25) is 19.2 Å². The first-order chi connectivity index (χ1) is 32.6. The van der Waals surface area contributed by atoms with E-state index in [1.54, 1.807) is 18.8 Å². The topological polar surface area (TPSA) is 133 Å². The van der Waals surface area contributed by atoms with E-state index >= 15 is 0 Å². The van der Waals surface area contributed by atoms with Crippen LogP contribution in [0.15, 0.2) is 198 Å². The molecule has 4 amide bonds. The van der Waals surface area contributed by atoms with E-state index in [-0.39, 0.29) is 36.1 Å². The summed E-state index contributed by atoms with van der Waals surface area (Å²) in [6, 6.07) is 50.8. The molecule has 0 saturated heterocycles. The van der Waals surface area contributed by atoms with Gasteiger partial charge in [0.05, 0.1) is 4.90 Å². The summed E-state index contributed by atoms with van der Waals surface area (Å²) < 4.78 is 49.4. The Hall–Kier alpha value is -7.13. The predicted octanol–water partition coefficient (Wildman–Crippen LogP) is 11.2. The monoisotopic (exact) mass is 988 g/mol. The molecular formula is C54H51ClF2N4O6S2. The van der Waals surface area contributed by atoms with Gasteiger partial charge in [-0.15, -0.1) is 11.8 Å². The van der Waals surface area contributed by atoms with Crippen LogP contribution in [-0.4, -0.2) is 68.0 Å². The average molecular weight is 990 g/mol. The van der Waals surface area contributed by atoms with Gasteiger partial charge in [-0.25, -0.2) is 17.2 Å². The number of carbonyl (C=O) groups is 4. The first-order valence-electron chi connectivity index (χ1n) is 21.2. The summed E-state index contributed by atoms with van der Waals surface area (Å²) in [7, 11) is 4.54. The van der Waals surface area contributed by atoms with E-state index in [0.29, 0.717) is 23.4 Å². The summed E-state index contributed by atoms with van der Waals surface area (Å²) in [6.45, 7) is 0. The Morgan fingerprint density at radius 3 is 1.23 bits per heavy atom. The summed E-state index contributed by atoms with van der Waals surface area (Å²) in [5.41, 5.74) is 4.60. The van der Waals surface area contributed by atoms with E-state index < -0.39 is 44.6 Å². The third-order valence-electron chi connectivity index (χ3n) is 10.7. The molecular weight excluding hydrogens is 938 g/mol. The average Bonchev–Trinajstić information content (AvgIpc) is 3.35. The second-order valence-corrected chi connectivity index (χ2v) is 19.1. The fourth-order valence-electron chi connectivity index (χ4n) is 6.89. The van der Waals surface area contributed by atoms with Crippen molar-refractivity contribution in [3.63, 3.8) is 0 Å². The quantitative estimate of drug-likeness (QED) is 0.0728. The fourth-order valence-corrected chi connectivity index (χ4v) is 8.51. The minimum atomic E-state index is -3.88. The van der Waals surface area contributed by atoms with Gasteiger partial charge in [0.25, 0.3) is 20.9 Å². The highest BCUT2D eigenvalue weighted by Gasteiger charge is 2.30. The van der Waals surface area contributed by atoms with Gasteiger partial charge in [0.1, 0.15) is 23.7 Å². The van der Waals surface area contributed by atoms with Crippen LogP contribution in [0.1, 0.15) is 44.8 Å². The third kappa shape index (κ3) is 15.7. The summed E-state index contributed by atoms with van der Waals surface area (Å²) in [5.74, 6) is -1.57.